The van der Waals surface area contributed by atoms with E-state index in [2.05, 4.69) is 20.8 Å². The Bertz CT molecular complexity index is 176. The molecular weight excluding hydrogens is 190 g/mol. The molecule has 1 rings (SSSR count). The van der Waals surface area contributed by atoms with E-state index in [1.165, 1.54) is 11.3 Å². The summed E-state index contributed by atoms with van der Waals surface area (Å²) in [4.78, 5) is 4.42. The van der Waals surface area contributed by atoms with Crippen LogP contribution >= 0.6 is 27.3 Å². The van der Waals surface area contributed by atoms with Crippen LogP contribution in [0.5, 0.6) is 5.06 Å². The molecule has 0 saturated carbocycles. The van der Waals surface area contributed by atoms with Crippen LogP contribution in [0.4, 0.5) is 0 Å². The Labute approximate surface area is 59.3 Å². The first-order valence-electron chi connectivity index (χ1n) is 1.95. The zero-order chi connectivity index (χ0) is 5.98. The first-order chi connectivity index (χ1) is 3.83. The van der Waals surface area contributed by atoms with Crippen LogP contribution in [0.3, 0.4) is 0 Å². The quantitative estimate of drug-likeness (QED) is 0.691. The zero-order valence-electron chi connectivity index (χ0n) is 3.93. The van der Waals surface area contributed by atoms with Crippen LogP contribution in [0.1, 0.15) is 0 Å². The molecule has 1 aromatic heterocycles. The lowest BCUT2D eigenvalue weighted by Gasteiger charge is -1.85. The molecule has 0 fully saturated rings. The predicted molar refractivity (Wildman–Crippen MR) is 36.8 cm³/mol. The SMILES string of the molecule is NOc1ccc(Br)s1. The third-order valence-corrected chi connectivity index (χ3v) is 2.18. The summed E-state index contributed by atoms with van der Waals surface area (Å²) in [7, 11) is 0. The molecule has 1 heterocycles. The highest BCUT2D eigenvalue weighted by Crippen LogP contribution is 2.27. The molecule has 0 radical (unpaired) electrons. The summed E-state index contributed by atoms with van der Waals surface area (Å²) in [6, 6.07) is 3.68. The largest absolute Gasteiger partial charge is 0.401 e. The predicted octanol–water partition coefficient (Wildman–Crippen LogP) is 1.76. The van der Waals surface area contributed by atoms with E-state index in [0.717, 1.165) is 8.85 Å². The number of thiophene rings is 1. The van der Waals surface area contributed by atoms with Gasteiger partial charge < -0.3 is 4.84 Å². The molecule has 2 N–H and O–H groups in total. The number of hydrogen-bond donors (Lipinski definition) is 1. The Morgan fingerprint density at radius 3 is 2.62 bits per heavy atom. The maximum atomic E-state index is 4.85. The van der Waals surface area contributed by atoms with E-state index >= 15 is 0 Å². The highest BCUT2D eigenvalue weighted by molar-refractivity contribution is 9.11. The summed E-state index contributed by atoms with van der Waals surface area (Å²) < 4.78 is 1.03. The van der Waals surface area contributed by atoms with E-state index in [1.54, 1.807) is 6.07 Å². The lowest BCUT2D eigenvalue weighted by atomic mass is 10.7. The summed E-state index contributed by atoms with van der Waals surface area (Å²) in [6.07, 6.45) is 0. The minimum atomic E-state index is 0.719. The van der Waals surface area contributed by atoms with Crippen molar-refractivity contribution in [2.45, 2.75) is 0 Å². The van der Waals surface area contributed by atoms with Gasteiger partial charge in [0.05, 0.1) is 3.79 Å². The fourth-order valence-electron chi connectivity index (χ4n) is 0.361. The van der Waals surface area contributed by atoms with Crippen molar-refractivity contribution in [2.24, 2.45) is 5.90 Å². The molecule has 0 aliphatic carbocycles. The molecule has 0 spiro atoms. The second-order valence-electron chi connectivity index (χ2n) is 1.18. The highest BCUT2D eigenvalue weighted by atomic mass is 79.9. The summed E-state index contributed by atoms with van der Waals surface area (Å²) in [6.45, 7) is 0. The lowest BCUT2D eigenvalue weighted by molar-refractivity contribution is 0.345. The third-order valence-electron chi connectivity index (χ3n) is 0.665. The van der Waals surface area contributed by atoms with Gasteiger partial charge in [-0.3, -0.25) is 0 Å². The molecule has 0 amide bonds. The summed E-state index contributed by atoms with van der Waals surface area (Å²) in [5.74, 6) is 4.85. The molecule has 0 aromatic carbocycles. The van der Waals surface area contributed by atoms with Crippen LogP contribution < -0.4 is 10.7 Å². The number of hydrogen-bond acceptors (Lipinski definition) is 3. The van der Waals surface area contributed by atoms with Crippen molar-refractivity contribution in [3.63, 3.8) is 0 Å². The minimum Gasteiger partial charge on any atom is -0.401 e. The van der Waals surface area contributed by atoms with Gasteiger partial charge in [0, 0.05) is 0 Å². The van der Waals surface area contributed by atoms with Crippen molar-refractivity contribution in [2.75, 3.05) is 0 Å². The van der Waals surface area contributed by atoms with Gasteiger partial charge in [0.15, 0.2) is 0 Å². The van der Waals surface area contributed by atoms with Crippen LogP contribution in [-0.4, -0.2) is 0 Å². The molecule has 0 saturated heterocycles. The van der Waals surface area contributed by atoms with Gasteiger partial charge in [-0.05, 0) is 28.1 Å². The smallest absolute Gasteiger partial charge is 0.201 e. The third kappa shape index (κ3) is 1.21. The van der Waals surface area contributed by atoms with Gasteiger partial charge in [-0.25, -0.2) is 0 Å². The van der Waals surface area contributed by atoms with Gasteiger partial charge >= 0.3 is 0 Å². The van der Waals surface area contributed by atoms with E-state index in [-0.39, 0.29) is 0 Å². The number of nitrogens with two attached hydrogens (primary N) is 1. The van der Waals surface area contributed by atoms with E-state index in [0.29, 0.717) is 0 Å². The van der Waals surface area contributed by atoms with Crippen LogP contribution in [0.2, 0.25) is 0 Å². The van der Waals surface area contributed by atoms with Crippen molar-refractivity contribution in [3.05, 3.63) is 15.9 Å². The Hall–Kier alpha value is -0.0600. The van der Waals surface area contributed by atoms with Crippen molar-refractivity contribution < 1.29 is 4.84 Å². The average Bonchev–Trinajstić information content (AvgIpc) is 2.14. The monoisotopic (exact) mass is 193 g/mol. The summed E-state index contributed by atoms with van der Waals surface area (Å²) in [5, 5.41) is 0.719. The van der Waals surface area contributed by atoms with Crippen molar-refractivity contribution in [1.82, 2.24) is 0 Å². The maximum Gasteiger partial charge on any atom is 0.201 e. The van der Waals surface area contributed by atoms with Crippen LogP contribution in [0.15, 0.2) is 15.9 Å². The van der Waals surface area contributed by atoms with E-state index in [9.17, 15) is 0 Å². The Morgan fingerprint density at radius 1 is 1.62 bits per heavy atom. The molecule has 0 bridgehead atoms. The molecule has 2 nitrogen and oxygen atoms in total. The first-order valence-corrected chi connectivity index (χ1v) is 3.56. The summed E-state index contributed by atoms with van der Waals surface area (Å²) >= 11 is 4.71. The highest BCUT2D eigenvalue weighted by Gasteiger charge is 1.93. The van der Waals surface area contributed by atoms with Gasteiger partial charge in [-0.1, -0.05) is 11.3 Å². The first kappa shape index (κ1) is 6.07. The molecule has 44 valence electrons. The van der Waals surface area contributed by atoms with Crippen molar-refractivity contribution in [3.8, 4) is 5.06 Å². The Balaban J connectivity index is 2.84. The van der Waals surface area contributed by atoms with E-state index < -0.39 is 0 Å². The van der Waals surface area contributed by atoms with E-state index in [1.807, 2.05) is 6.07 Å². The van der Waals surface area contributed by atoms with Gasteiger partial charge in [-0.15, -0.1) is 0 Å². The molecule has 0 unspecified atom stereocenters. The Kier molecular flexibility index (Phi) is 1.88. The molecule has 0 atom stereocenters. The molecule has 8 heavy (non-hydrogen) atoms. The van der Waals surface area contributed by atoms with Gasteiger partial charge in [0.25, 0.3) is 0 Å². The molecule has 1 aromatic rings. The van der Waals surface area contributed by atoms with Crippen LogP contribution in [0.25, 0.3) is 0 Å². The minimum absolute atomic E-state index is 0.719. The van der Waals surface area contributed by atoms with Crippen molar-refractivity contribution in [1.29, 1.82) is 0 Å². The van der Waals surface area contributed by atoms with E-state index in [4.69, 9.17) is 5.90 Å². The second-order valence-corrected chi connectivity index (χ2v) is 3.60. The number of halogens is 1. The standard InChI is InChI=1S/C4H4BrNOS/c5-3-1-2-4(7-6)8-3/h1-2H,6H2. The van der Waals surface area contributed by atoms with Crippen LogP contribution in [0, 0.1) is 0 Å². The molecular formula is C4H4BrNOS. The fourth-order valence-corrected chi connectivity index (χ4v) is 1.48. The number of rotatable bonds is 1. The zero-order valence-corrected chi connectivity index (χ0v) is 6.33. The molecule has 4 heteroatoms. The van der Waals surface area contributed by atoms with Crippen LogP contribution in [-0.2, 0) is 0 Å². The topological polar surface area (TPSA) is 35.2 Å². The van der Waals surface area contributed by atoms with Crippen molar-refractivity contribution >= 4 is 27.3 Å². The molecule has 0 aliphatic rings. The lowest BCUT2D eigenvalue weighted by Crippen LogP contribution is -1.98. The maximum absolute atomic E-state index is 4.85. The van der Waals surface area contributed by atoms with Gasteiger partial charge in [0.2, 0.25) is 5.06 Å². The van der Waals surface area contributed by atoms with Gasteiger partial charge in [-0.2, -0.15) is 5.90 Å². The van der Waals surface area contributed by atoms with Gasteiger partial charge in [0.1, 0.15) is 0 Å². The second kappa shape index (κ2) is 2.48. The summed E-state index contributed by atoms with van der Waals surface area (Å²) in [5.41, 5.74) is 0. The fraction of sp³-hybridized carbons (Fsp3) is 0. The average molecular weight is 194 g/mol. The normalized spacial score (nSPS) is 9.25. The molecule has 0 aliphatic heterocycles. The Morgan fingerprint density at radius 2 is 2.38 bits per heavy atom.